The van der Waals surface area contributed by atoms with E-state index in [1.54, 1.807) is 18.7 Å². The number of aromatic nitrogens is 1. The first kappa shape index (κ1) is 18.6. The van der Waals surface area contributed by atoms with Crippen molar-refractivity contribution < 1.29 is 13.9 Å². The van der Waals surface area contributed by atoms with Gasteiger partial charge in [-0.25, -0.2) is 5.43 Å². The van der Waals surface area contributed by atoms with Crippen molar-refractivity contribution in [2.45, 2.75) is 13.8 Å². The first-order chi connectivity index (χ1) is 14.1. The molecule has 2 aromatic heterocycles. The van der Waals surface area contributed by atoms with Crippen LogP contribution < -0.4 is 10.2 Å². The van der Waals surface area contributed by atoms with Gasteiger partial charge in [-0.05, 0) is 71.8 Å². The molecule has 6 nitrogen and oxygen atoms in total. The molecule has 146 valence electrons. The second-order valence-corrected chi connectivity index (χ2v) is 6.86. The van der Waals surface area contributed by atoms with Crippen molar-refractivity contribution in [1.82, 2.24) is 10.4 Å². The molecule has 0 atom stereocenters. The zero-order valence-electron chi connectivity index (χ0n) is 16.2. The highest BCUT2D eigenvalue weighted by Crippen LogP contribution is 2.30. The molecule has 0 spiro atoms. The summed E-state index contributed by atoms with van der Waals surface area (Å²) in [5, 5.41) is 5.14. The number of aromatic amines is 1. The molecule has 0 aliphatic carbocycles. The Bertz CT molecular complexity index is 1150. The fraction of sp³-hybridized carbons (Fsp3) is 0.130. The molecule has 1 amide bonds. The monoisotopic (exact) mass is 387 g/mol. The molecule has 0 fully saturated rings. The molecule has 4 aromatic rings. The minimum Gasteiger partial charge on any atom is -0.483 e. The van der Waals surface area contributed by atoms with Gasteiger partial charge in [-0.15, -0.1) is 0 Å². The fourth-order valence-corrected chi connectivity index (χ4v) is 3.27. The Balaban J connectivity index is 1.35. The van der Waals surface area contributed by atoms with Crippen LogP contribution >= 0.6 is 0 Å². The van der Waals surface area contributed by atoms with E-state index in [0.717, 1.165) is 38.7 Å². The van der Waals surface area contributed by atoms with Gasteiger partial charge < -0.3 is 14.1 Å². The summed E-state index contributed by atoms with van der Waals surface area (Å²) in [5.74, 6) is 0.383. The van der Waals surface area contributed by atoms with Gasteiger partial charge in [0.05, 0.1) is 18.7 Å². The Labute approximate surface area is 168 Å². The molecule has 2 heterocycles. The molecule has 29 heavy (non-hydrogen) atoms. The van der Waals surface area contributed by atoms with Crippen LogP contribution in [0.1, 0.15) is 16.7 Å². The van der Waals surface area contributed by atoms with Gasteiger partial charge in [0.25, 0.3) is 5.91 Å². The Morgan fingerprint density at radius 1 is 1.14 bits per heavy atom. The number of fused-ring (bicyclic) bond motifs is 1. The summed E-state index contributed by atoms with van der Waals surface area (Å²) in [6, 6.07) is 13.8. The summed E-state index contributed by atoms with van der Waals surface area (Å²) in [5.41, 5.74) is 8.38. The van der Waals surface area contributed by atoms with E-state index in [0.29, 0.717) is 5.75 Å². The van der Waals surface area contributed by atoms with E-state index in [9.17, 15) is 4.79 Å². The van der Waals surface area contributed by atoms with Crippen molar-refractivity contribution in [3.63, 3.8) is 0 Å². The van der Waals surface area contributed by atoms with Gasteiger partial charge in [-0.2, -0.15) is 5.10 Å². The van der Waals surface area contributed by atoms with Crippen molar-refractivity contribution >= 4 is 23.0 Å². The van der Waals surface area contributed by atoms with Crippen molar-refractivity contribution in [3.05, 3.63) is 77.9 Å². The number of carbonyl (C=O) groups excluding carboxylic acids is 1. The van der Waals surface area contributed by atoms with Gasteiger partial charge >= 0.3 is 0 Å². The molecule has 0 unspecified atom stereocenters. The van der Waals surface area contributed by atoms with E-state index in [1.807, 2.05) is 62.5 Å². The number of ether oxygens (including phenoxy) is 1. The van der Waals surface area contributed by atoms with Crippen molar-refractivity contribution in [3.8, 4) is 16.9 Å². The van der Waals surface area contributed by atoms with Crippen LogP contribution in [0.5, 0.6) is 5.75 Å². The van der Waals surface area contributed by atoms with Gasteiger partial charge in [0, 0.05) is 17.3 Å². The molecule has 0 saturated carbocycles. The summed E-state index contributed by atoms with van der Waals surface area (Å²) < 4.78 is 10.9. The van der Waals surface area contributed by atoms with Crippen LogP contribution in [0.25, 0.3) is 22.0 Å². The quantitative estimate of drug-likeness (QED) is 0.376. The van der Waals surface area contributed by atoms with Crippen molar-refractivity contribution in [1.29, 1.82) is 0 Å². The highest BCUT2D eigenvalue weighted by Gasteiger charge is 2.10. The van der Waals surface area contributed by atoms with Crippen LogP contribution in [-0.2, 0) is 4.79 Å². The maximum absolute atomic E-state index is 12.1. The number of rotatable bonds is 6. The van der Waals surface area contributed by atoms with Gasteiger partial charge in [0.15, 0.2) is 6.61 Å². The van der Waals surface area contributed by atoms with Crippen molar-refractivity contribution in [2.75, 3.05) is 6.61 Å². The standard InChI is InChI=1S/C23H21N3O3/c1-15-9-20(19-6-8-28-13-19)10-16(2)23(15)29-14-22(27)26-25-12-17-3-4-18-5-7-24-21(18)11-17/h3-13,24H,14H2,1-2H3,(H,26,27)/b25-12+. The fourth-order valence-electron chi connectivity index (χ4n) is 3.27. The number of carbonyl (C=O) groups is 1. The lowest BCUT2D eigenvalue weighted by Gasteiger charge is -2.13. The van der Waals surface area contributed by atoms with E-state index < -0.39 is 0 Å². The van der Waals surface area contributed by atoms with Crippen LogP contribution in [0.4, 0.5) is 0 Å². The first-order valence-corrected chi connectivity index (χ1v) is 9.26. The highest BCUT2D eigenvalue weighted by atomic mass is 16.5. The predicted octanol–water partition coefficient (Wildman–Crippen LogP) is 4.57. The smallest absolute Gasteiger partial charge is 0.277 e. The third kappa shape index (κ3) is 4.21. The molecule has 2 aromatic carbocycles. The lowest BCUT2D eigenvalue weighted by atomic mass is 10.0. The molecule has 0 radical (unpaired) electrons. The van der Waals surface area contributed by atoms with Crippen LogP contribution in [0, 0.1) is 13.8 Å². The number of H-pyrrole nitrogens is 1. The molecule has 0 aliphatic rings. The molecule has 4 rings (SSSR count). The number of hydrogen-bond donors (Lipinski definition) is 2. The highest BCUT2D eigenvalue weighted by molar-refractivity contribution is 5.89. The SMILES string of the molecule is Cc1cc(-c2ccoc2)cc(C)c1OCC(=O)N/N=C/c1ccc2cc[nH]c2c1. The Hall–Kier alpha value is -3.80. The zero-order valence-corrected chi connectivity index (χ0v) is 16.2. The van der Waals surface area contributed by atoms with Gasteiger partial charge in [-0.3, -0.25) is 4.79 Å². The number of hydrazone groups is 1. The third-order valence-electron chi connectivity index (χ3n) is 4.64. The minimum atomic E-state index is -0.320. The van der Waals surface area contributed by atoms with Gasteiger partial charge in [0.2, 0.25) is 0 Å². The number of nitrogens with one attached hydrogen (secondary N) is 2. The van der Waals surface area contributed by atoms with E-state index >= 15 is 0 Å². The zero-order chi connectivity index (χ0) is 20.2. The normalized spacial score (nSPS) is 11.2. The van der Waals surface area contributed by atoms with Crippen LogP contribution in [0.15, 0.2) is 70.7 Å². The summed E-state index contributed by atoms with van der Waals surface area (Å²) >= 11 is 0. The van der Waals surface area contributed by atoms with Crippen molar-refractivity contribution in [2.24, 2.45) is 5.10 Å². The predicted molar refractivity (Wildman–Crippen MR) is 113 cm³/mol. The number of amides is 1. The molecule has 0 aliphatic heterocycles. The molecule has 6 heteroatoms. The van der Waals surface area contributed by atoms with E-state index in [4.69, 9.17) is 9.15 Å². The summed E-state index contributed by atoms with van der Waals surface area (Å²) in [4.78, 5) is 15.2. The van der Waals surface area contributed by atoms with Crippen LogP contribution in [-0.4, -0.2) is 23.7 Å². The molecular formula is C23H21N3O3. The molecule has 2 N–H and O–H groups in total. The second-order valence-electron chi connectivity index (χ2n) is 6.86. The maximum Gasteiger partial charge on any atom is 0.277 e. The summed E-state index contributed by atoms with van der Waals surface area (Å²) in [7, 11) is 0. The van der Waals surface area contributed by atoms with Crippen LogP contribution in [0.2, 0.25) is 0 Å². The Kier molecular flexibility index (Phi) is 5.16. The van der Waals surface area contributed by atoms with Gasteiger partial charge in [-0.1, -0.05) is 12.1 Å². The average Bonchev–Trinajstić information content (AvgIpc) is 3.39. The number of furan rings is 1. The third-order valence-corrected chi connectivity index (χ3v) is 4.64. The second kappa shape index (κ2) is 8.06. The lowest BCUT2D eigenvalue weighted by Crippen LogP contribution is -2.25. The first-order valence-electron chi connectivity index (χ1n) is 9.26. The topological polar surface area (TPSA) is 79.6 Å². The minimum absolute atomic E-state index is 0.111. The molecular weight excluding hydrogens is 366 g/mol. The van der Waals surface area contributed by atoms with E-state index in [2.05, 4.69) is 15.5 Å². The molecule has 0 bridgehead atoms. The lowest BCUT2D eigenvalue weighted by molar-refractivity contribution is -0.123. The van der Waals surface area contributed by atoms with Gasteiger partial charge in [0.1, 0.15) is 5.75 Å². The Morgan fingerprint density at radius 2 is 1.97 bits per heavy atom. The molecule has 0 saturated heterocycles. The Morgan fingerprint density at radius 3 is 2.72 bits per heavy atom. The average molecular weight is 387 g/mol. The number of aryl methyl sites for hydroxylation is 2. The van der Waals surface area contributed by atoms with E-state index in [1.165, 1.54) is 0 Å². The largest absolute Gasteiger partial charge is 0.483 e. The number of benzene rings is 2. The van der Waals surface area contributed by atoms with E-state index in [-0.39, 0.29) is 12.5 Å². The number of hydrogen-bond acceptors (Lipinski definition) is 4. The number of nitrogens with zero attached hydrogens (tertiary/aromatic N) is 1. The maximum atomic E-state index is 12.1. The summed E-state index contributed by atoms with van der Waals surface area (Å²) in [6.07, 6.45) is 6.84. The van der Waals surface area contributed by atoms with Crippen LogP contribution in [0.3, 0.4) is 0 Å². The summed E-state index contributed by atoms with van der Waals surface area (Å²) in [6.45, 7) is 3.80.